The van der Waals surface area contributed by atoms with Crippen molar-refractivity contribution in [3.8, 4) is 11.5 Å². The van der Waals surface area contributed by atoms with Gasteiger partial charge < -0.3 is 14.8 Å². The van der Waals surface area contributed by atoms with E-state index in [1.807, 2.05) is 19.9 Å². The lowest BCUT2D eigenvalue weighted by atomic mass is 10.2. The maximum Gasteiger partial charge on any atom is 0.282 e. The molecule has 0 aliphatic heterocycles. The highest BCUT2D eigenvalue weighted by molar-refractivity contribution is 9.10. The SMILES string of the molecule is CCOc1cc(C=Nn2c(CC)nc3ccc(Br)cc3c2=O)cc(Br)c1OCC(=O)Nc1ccc(F)cc1. The van der Waals surface area contributed by atoms with Crippen molar-refractivity contribution in [3.63, 3.8) is 0 Å². The highest BCUT2D eigenvalue weighted by Gasteiger charge is 2.15. The van der Waals surface area contributed by atoms with Gasteiger partial charge in [0.1, 0.15) is 11.6 Å². The molecule has 8 nitrogen and oxygen atoms in total. The molecule has 4 rings (SSSR count). The van der Waals surface area contributed by atoms with Crippen LogP contribution in [0.2, 0.25) is 0 Å². The zero-order chi connectivity index (χ0) is 27.2. The maximum absolute atomic E-state index is 13.1. The first kappa shape index (κ1) is 27.5. The summed E-state index contributed by atoms with van der Waals surface area (Å²) in [6, 6.07) is 14.2. The standard InChI is InChI=1S/C27H23Br2FN4O4/c1-3-24-33-22-10-5-17(28)13-20(22)27(36)34(24)31-14-16-11-21(29)26(23(12-16)37-4-2)38-15-25(35)32-19-8-6-18(30)7-9-19/h5-14H,3-4,15H2,1-2H3,(H,32,35). The molecule has 0 radical (unpaired) electrons. The molecule has 0 atom stereocenters. The van der Waals surface area contributed by atoms with Crippen LogP contribution in [0.3, 0.4) is 0 Å². The number of fused-ring (bicyclic) bond motifs is 1. The highest BCUT2D eigenvalue weighted by atomic mass is 79.9. The number of ether oxygens (including phenoxy) is 2. The Morgan fingerprint density at radius 3 is 2.58 bits per heavy atom. The number of hydrogen-bond acceptors (Lipinski definition) is 6. The second-order valence-corrected chi connectivity index (χ2v) is 9.78. The number of hydrogen-bond donors (Lipinski definition) is 1. The van der Waals surface area contributed by atoms with Gasteiger partial charge in [-0.25, -0.2) is 9.37 Å². The molecule has 3 aromatic carbocycles. The Kier molecular flexibility index (Phi) is 8.90. The van der Waals surface area contributed by atoms with Crippen molar-refractivity contribution in [2.45, 2.75) is 20.3 Å². The van der Waals surface area contributed by atoms with Crippen LogP contribution < -0.4 is 20.3 Å². The second-order valence-electron chi connectivity index (χ2n) is 8.01. The van der Waals surface area contributed by atoms with Gasteiger partial charge in [-0.05, 0) is 83.0 Å². The third kappa shape index (κ3) is 6.46. The minimum absolute atomic E-state index is 0.277. The fourth-order valence-corrected chi connectivity index (χ4v) is 4.54. The minimum atomic E-state index is -0.418. The molecule has 1 aromatic heterocycles. The van der Waals surface area contributed by atoms with E-state index in [-0.39, 0.29) is 12.2 Å². The van der Waals surface area contributed by atoms with Crippen molar-refractivity contribution in [1.82, 2.24) is 9.66 Å². The lowest BCUT2D eigenvalue weighted by molar-refractivity contribution is -0.118. The number of benzene rings is 3. The van der Waals surface area contributed by atoms with E-state index in [4.69, 9.17) is 9.47 Å². The molecular formula is C27H23Br2FN4O4. The molecule has 0 aliphatic carbocycles. The molecule has 0 bridgehead atoms. The average molecular weight is 646 g/mol. The number of anilines is 1. The number of halogens is 3. The second kappa shape index (κ2) is 12.3. The number of rotatable bonds is 9. The fraction of sp³-hybridized carbons (Fsp3) is 0.185. The predicted molar refractivity (Wildman–Crippen MR) is 152 cm³/mol. The van der Waals surface area contributed by atoms with Crippen LogP contribution in [-0.4, -0.2) is 35.0 Å². The van der Waals surface area contributed by atoms with Crippen molar-refractivity contribution in [2.75, 3.05) is 18.5 Å². The zero-order valence-electron chi connectivity index (χ0n) is 20.5. The summed E-state index contributed by atoms with van der Waals surface area (Å²) in [5, 5.41) is 7.51. The first-order valence-corrected chi connectivity index (χ1v) is 13.3. The van der Waals surface area contributed by atoms with Gasteiger partial charge in [0, 0.05) is 16.6 Å². The number of nitrogens with zero attached hydrogens (tertiary/aromatic N) is 3. The Balaban J connectivity index is 1.58. The van der Waals surface area contributed by atoms with Gasteiger partial charge in [0.2, 0.25) is 0 Å². The molecule has 0 saturated heterocycles. The molecule has 1 heterocycles. The molecule has 1 amide bonds. The summed E-state index contributed by atoms with van der Waals surface area (Å²) in [6.07, 6.45) is 2.05. The number of amides is 1. The van der Waals surface area contributed by atoms with Crippen LogP contribution in [0.15, 0.2) is 73.4 Å². The van der Waals surface area contributed by atoms with E-state index >= 15 is 0 Å². The number of aromatic nitrogens is 2. The van der Waals surface area contributed by atoms with Crippen LogP contribution in [-0.2, 0) is 11.2 Å². The van der Waals surface area contributed by atoms with Crippen LogP contribution in [0.25, 0.3) is 10.9 Å². The molecule has 38 heavy (non-hydrogen) atoms. The van der Waals surface area contributed by atoms with Gasteiger partial charge >= 0.3 is 0 Å². The molecule has 0 saturated carbocycles. The smallest absolute Gasteiger partial charge is 0.282 e. The molecule has 0 spiro atoms. The quantitative estimate of drug-likeness (QED) is 0.228. The number of carbonyl (C=O) groups excluding carboxylic acids is 1. The average Bonchev–Trinajstić information content (AvgIpc) is 2.89. The van der Waals surface area contributed by atoms with Gasteiger partial charge in [0.15, 0.2) is 18.1 Å². The fourth-order valence-electron chi connectivity index (χ4n) is 3.60. The Hall–Kier alpha value is -3.57. The van der Waals surface area contributed by atoms with Crippen molar-refractivity contribution in [3.05, 3.63) is 91.1 Å². The summed E-state index contributed by atoms with van der Waals surface area (Å²) in [4.78, 5) is 30.1. The summed E-state index contributed by atoms with van der Waals surface area (Å²) in [5.41, 5.74) is 1.41. The topological polar surface area (TPSA) is 94.8 Å². The van der Waals surface area contributed by atoms with Gasteiger partial charge in [0.25, 0.3) is 11.5 Å². The first-order valence-electron chi connectivity index (χ1n) is 11.7. The van der Waals surface area contributed by atoms with Crippen molar-refractivity contribution in [2.24, 2.45) is 5.10 Å². The van der Waals surface area contributed by atoms with E-state index in [1.54, 1.807) is 24.3 Å². The van der Waals surface area contributed by atoms with Gasteiger partial charge in [-0.2, -0.15) is 9.78 Å². The number of carbonyl (C=O) groups is 1. The van der Waals surface area contributed by atoms with Crippen LogP contribution in [0.1, 0.15) is 25.2 Å². The summed E-state index contributed by atoms with van der Waals surface area (Å²) >= 11 is 6.87. The van der Waals surface area contributed by atoms with E-state index in [0.717, 1.165) is 4.47 Å². The van der Waals surface area contributed by atoms with Gasteiger partial charge in [-0.3, -0.25) is 9.59 Å². The highest BCUT2D eigenvalue weighted by Crippen LogP contribution is 2.36. The largest absolute Gasteiger partial charge is 0.490 e. The van der Waals surface area contributed by atoms with E-state index in [9.17, 15) is 14.0 Å². The Labute approximate surface area is 234 Å². The van der Waals surface area contributed by atoms with Crippen LogP contribution in [0, 0.1) is 5.82 Å². The molecule has 0 aliphatic rings. The van der Waals surface area contributed by atoms with E-state index in [1.165, 1.54) is 35.2 Å². The monoisotopic (exact) mass is 644 g/mol. The van der Waals surface area contributed by atoms with Crippen LogP contribution >= 0.6 is 31.9 Å². The summed E-state index contributed by atoms with van der Waals surface area (Å²) in [5.74, 6) is 0.438. The van der Waals surface area contributed by atoms with Crippen molar-refractivity contribution < 1.29 is 18.7 Å². The van der Waals surface area contributed by atoms with E-state index < -0.39 is 11.7 Å². The molecule has 196 valence electrons. The Bertz CT molecular complexity index is 1570. The summed E-state index contributed by atoms with van der Waals surface area (Å²) in [6.45, 7) is 3.79. The number of aryl methyl sites for hydroxylation is 1. The van der Waals surface area contributed by atoms with Gasteiger partial charge in [-0.15, -0.1) is 0 Å². The zero-order valence-corrected chi connectivity index (χ0v) is 23.7. The third-order valence-electron chi connectivity index (χ3n) is 5.32. The normalized spacial score (nSPS) is 11.2. The molecule has 11 heteroatoms. The third-order valence-corrected chi connectivity index (χ3v) is 6.40. The van der Waals surface area contributed by atoms with Gasteiger partial charge in [-0.1, -0.05) is 22.9 Å². The summed E-state index contributed by atoms with van der Waals surface area (Å²) in [7, 11) is 0. The van der Waals surface area contributed by atoms with Crippen LogP contribution in [0.5, 0.6) is 11.5 Å². The lowest BCUT2D eigenvalue weighted by Gasteiger charge is -2.14. The van der Waals surface area contributed by atoms with E-state index in [2.05, 4.69) is 47.3 Å². The Morgan fingerprint density at radius 2 is 1.87 bits per heavy atom. The van der Waals surface area contributed by atoms with E-state index in [0.29, 0.717) is 57.0 Å². The molecule has 0 fully saturated rings. The lowest BCUT2D eigenvalue weighted by Crippen LogP contribution is -2.22. The molecule has 1 N–H and O–H groups in total. The predicted octanol–water partition coefficient (Wildman–Crippen LogP) is 5.92. The minimum Gasteiger partial charge on any atom is -0.490 e. The first-order chi connectivity index (χ1) is 18.3. The molecule has 4 aromatic rings. The maximum atomic E-state index is 13.1. The Morgan fingerprint density at radius 1 is 1.11 bits per heavy atom. The van der Waals surface area contributed by atoms with Crippen molar-refractivity contribution >= 4 is 60.6 Å². The number of nitrogens with one attached hydrogen (secondary N) is 1. The van der Waals surface area contributed by atoms with Crippen molar-refractivity contribution in [1.29, 1.82) is 0 Å². The van der Waals surface area contributed by atoms with Gasteiger partial charge in [0.05, 0.1) is 28.2 Å². The molecule has 0 unspecified atom stereocenters. The van der Waals surface area contributed by atoms with Crippen LogP contribution in [0.4, 0.5) is 10.1 Å². The molecular weight excluding hydrogens is 623 g/mol. The summed E-state index contributed by atoms with van der Waals surface area (Å²) < 4.78 is 27.2.